The molecule has 0 aliphatic carbocycles. The second-order valence-corrected chi connectivity index (χ2v) is 5.77. The van der Waals surface area contributed by atoms with Crippen LogP contribution in [-0.4, -0.2) is 20.1 Å². The van der Waals surface area contributed by atoms with Crippen LogP contribution < -0.4 is 14.8 Å². The fourth-order valence-corrected chi connectivity index (χ4v) is 2.55. The van der Waals surface area contributed by atoms with Crippen LogP contribution >= 0.6 is 0 Å². The van der Waals surface area contributed by atoms with Crippen molar-refractivity contribution in [3.63, 3.8) is 0 Å². The number of ether oxygens (including phenoxy) is 2. The number of hydrogen-bond donors (Lipinski definition) is 1. The standard InChI is InChI=1S/C19H20F3NO3/c1-12(13-5-4-6-15(9-13)19(20,21)22)23-18(24)11-14-10-16(25-2)7-8-17(14)26-3/h4-10,12H,11H2,1-3H3,(H,23,24). The van der Waals surface area contributed by atoms with Gasteiger partial charge in [-0.3, -0.25) is 4.79 Å². The summed E-state index contributed by atoms with van der Waals surface area (Å²) in [5.74, 6) is 0.786. The van der Waals surface area contributed by atoms with Gasteiger partial charge >= 0.3 is 6.18 Å². The van der Waals surface area contributed by atoms with Gasteiger partial charge in [0.05, 0.1) is 32.2 Å². The van der Waals surface area contributed by atoms with Gasteiger partial charge in [-0.15, -0.1) is 0 Å². The van der Waals surface area contributed by atoms with Gasteiger partial charge in [0.2, 0.25) is 5.91 Å². The number of nitrogens with one attached hydrogen (secondary N) is 1. The zero-order valence-corrected chi connectivity index (χ0v) is 14.7. The Morgan fingerprint density at radius 2 is 1.85 bits per heavy atom. The van der Waals surface area contributed by atoms with Crippen molar-refractivity contribution in [1.29, 1.82) is 0 Å². The van der Waals surface area contributed by atoms with Gasteiger partial charge in [0.15, 0.2) is 0 Å². The molecule has 26 heavy (non-hydrogen) atoms. The molecule has 1 amide bonds. The van der Waals surface area contributed by atoms with E-state index in [1.54, 1.807) is 31.2 Å². The highest BCUT2D eigenvalue weighted by Gasteiger charge is 2.30. The molecule has 0 aliphatic heterocycles. The molecule has 140 valence electrons. The summed E-state index contributed by atoms with van der Waals surface area (Å²) in [5.41, 5.74) is 0.261. The highest BCUT2D eigenvalue weighted by atomic mass is 19.4. The molecule has 7 heteroatoms. The van der Waals surface area contributed by atoms with E-state index >= 15 is 0 Å². The Labute approximate surface area is 149 Å². The first-order valence-electron chi connectivity index (χ1n) is 7.92. The number of benzene rings is 2. The minimum atomic E-state index is -4.42. The molecule has 2 rings (SSSR count). The minimum Gasteiger partial charge on any atom is -0.497 e. The second kappa shape index (κ2) is 8.12. The van der Waals surface area contributed by atoms with E-state index in [9.17, 15) is 18.0 Å². The summed E-state index contributed by atoms with van der Waals surface area (Å²) in [7, 11) is 3.01. The molecule has 0 bridgehead atoms. The zero-order chi connectivity index (χ0) is 19.3. The molecule has 0 saturated carbocycles. The van der Waals surface area contributed by atoms with Crippen LogP contribution in [0.5, 0.6) is 11.5 Å². The van der Waals surface area contributed by atoms with Gasteiger partial charge in [-0.05, 0) is 42.8 Å². The Hall–Kier alpha value is -2.70. The minimum absolute atomic E-state index is 0.0175. The van der Waals surface area contributed by atoms with Gasteiger partial charge in [-0.25, -0.2) is 0 Å². The SMILES string of the molecule is COc1ccc(OC)c(CC(=O)NC(C)c2cccc(C(F)(F)F)c2)c1. The fraction of sp³-hybridized carbons (Fsp3) is 0.316. The number of rotatable bonds is 6. The van der Waals surface area contributed by atoms with Crippen LogP contribution in [0.15, 0.2) is 42.5 Å². The van der Waals surface area contributed by atoms with Crippen LogP contribution in [0.25, 0.3) is 0 Å². The fourth-order valence-electron chi connectivity index (χ4n) is 2.55. The average molecular weight is 367 g/mol. The van der Waals surface area contributed by atoms with E-state index in [0.717, 1.165) is 12.1 Å². The summed E-state index contributed by atoms with van der Waals surface area (Å²) in [6, 6.07) is 9.44. The molecular formula is C19H20F3NO3. The number of halogens is 3. The molecule has 1 N–H and O–H groups in total. The zero-order valence-electron chi connectivity index (χ0n) is 14.7. The van der Waals surface area contributed by atoms with Gasteiger partial charge in [0.1, 0.15) is 11.5 Å². The van der Waals surface area contributed by atoms with Crippen molar-refractivity contribution in [2.45, 2.75) is 25.6 Å². The van der Waals surface area contributed by atoms with Gasteiger partial charge < -0.3 is 14.8 Å². The van der Waals surface area contributed by atoms with Crippen molar-refractivity contribution in [3.8, 4) is 11.5 Å². The average Bonchev–Trinajstić information content (AvgIpc) is 2.60. The molecule has 0 aliphatic rings. The van der Waals surface area contributed by atoms with E-state index < -0.39 is 17.8 Å². The molecule has 0 spiro atoms. The maximum Gasteiger partial charge on any atom is 0.416 e. The Kier molecular flexibility index (Phi) is 6.13. The summed E-state index contributed by atoms with van der Waals surface area (Å²) >= 11 is 0. The number of carbonyl (C=O) groups is 1. The molecule has 0 saturated heterocycles. The van der Waals surface area contributed by atoms with Crippen molar-refractivity contribution < 1.29 is 27.4 Å². The third-order valence-electron chi connectivity index (χ3n) is 3.93. The van der Waals surface area contributed by atoms with Crippen molar-refractivity contribution in [2.75, 3.05) is 14.2 Å². The smallest absolute Gasteiger partial charge is 0.416 e. The van der Waals surface area contributed by atoms with E-state index in [-0.39, 0.29) is 12.3 Å². The first-order chi connectivity index (χ1) is 12.2. The van der Waals surface area contributed by atoms with E-state index in [0.29, 0.717) is 22.6 Å². The molecule has 1 unspecified atom stereocenters. The maximum atomic E-state index is 12.8. The van der Waals surface area contributed by atoms with Gasteiger partial charge in [0.25, 0.3) is 0 Å². The number of hydrogen-bond acceptors (Lipinski definition) is 3. The van der Waals surface area contributed by atoms with Gasteiger partial charge in [-0.2, -0.15) is 13.2 Å². The van der Waals surface area contributed by atoms with E-state index in [4.69, 9.17) is 9.47 Å². The van der Waals surface area contributed by atoms with Crippen LogP contribution in [0.1, 0.15) is 29.7 Å². The van der Waals surface area contributed by atoms with Crippen molar-refractivity contribution >= 4 is 5.91 Å². The normalized spacial score (nSPS) is 12.4. The third kappa shape index (κ3) is 4.91. The number of amides is 1. The monoisotopic (exact) mass is 367 g/mol. The van der Waals surface area contributed by atoms with Crippen LogP contribution in [0.2, 0.25) is 0 Å². The Bertz CT molecular complexity index is 775. The molecule has 0 aromatic heterocycles. The van der Waals surface area contributed by atoms with E-state index in [1.165, 1.54) is 20.3 Å². The van der Waals surface area contributed by atoms with E-state index in [2.05, 4.69) is 5.32 Å². The largest absolute Gasteiger partial charge is 0.497 e. The van der Waals surface area contributed by atoms with E-state index in [1.807, 2.05) is 0 Å². The lowest BCUT2D eigenvalue weighted by Crippen LogP contribution is -2.28. The summed E-state index contributed by atoms with van der Waals surface area (Å²) in [5, 5.41) is 2.71. The quantitative estimate of drug-likeness (QED) is 0.835. The van der Waals surface area contributed by atoms with Crippen molar-refractivity contribution in [3.05, 3.63) is 59.2 Å². The topological polar surface area (TPSA) is 47.6 Å². The first kappa shape index (κ1) is 19.6. The van der Waals surface area contributed by atoms with Crippen molar-refractivity contribution in [1.82, 2.24) is 5.32 Å². The third-order valence-corrected chi connectivity index (χ3v) is 3.93. The molecule has 4 nitrogen and oxygen atoms in total. The predicted molar refractivity (Wildman–Crippen MR) is 91.3 cm³/mol. The highest BCUT2D eigenvalue weighted by molar-refractivity contribution is 5.80. The number of alkyl halides is 3. The molecule has 2 aromatic carbocycles. The Morgan fingerprint density at radius 1 is 1.12 bits per heavy atom. The second-order valence-electron chi connectivity index (χ2n) is 5.77. The summed E-state index contributed by atoms with van der Waals surface area (Å²) < 4.78 is 48.8. The lowest BCUT2D eigenvalue weighted by atomic mass is 10.0. The van der Waals surface area contributed by atoms with Crippen LogP contribution in [-0.2, 0) is 17.4 Å². The maximum absolute atomic E-state index is 12.8. The van der Waals surface area contributed by atoms with Crippen LogP contribution in [0.4, 0.5) is 13.2 Å². The number of carbonyl (C=O) groups excluding carboxylic acids is 1. The molecule has 0 radical (unpaired) electrons. The first-order valence-corrected chi connectivity index (χ1v) is 7.92. The van der Waals surface area contributed by atoms with Crippen LogP contribution in [0.3, 0.4) is 0 Å². The predicted octanol–water partition coefficient (Wildman–Crippen LogP) is 4.14. The molecular weight excluding hydrogens is 347 g/mol. The number of methoxy groups -OCH3 is 2. The molecule has 0 heterocycles. The Balaban J connectivity index is 2.11. The summed E-state index contributed by atoms with van der Waals surface area (Å²) in [4.78, 5) is 12.3. The van der Waals surface area contributed by atoms with Crippen LogP contribution in [0, 0.1) is 0 Å². The van der Waals surface area contributed by atoms with Gasteiger partial charge in [-0.1, -0.05) is 12.1 Å². The molecule has 1 atom stereocenters. The molecule has 2 aromatic rings. The van der Waals surface area contributed by atoms with Crippen molar-refractivity contribution in [2.24, 2.45) is 0 Å². The molecule has 0 fully saturated rings. The lowest BCUT2D eigenvalue weighted by Gasteiger charge is -2.17. The summed E-state index contributed by atoms with van der Waals surface area (Å²) in [6.45, 7) is 1.64. The van der Waals surface area contributed by atoms with Gasteiger partial charge in [0, 0.05) is 5.56 Å². The summed E-state index contributed by atoms with van der Waals surface area (Å²) in [6.07, 6.45) is -4.41. The lowest BCUT2D eigenvalue weighted by molar-refractivity contribution is -0.137. The Morgan fingerprint density at radius 3 is 2.46 bits per heavy atom. The highest BCUT2D eigenvalue weighted by Crippen LogP contribution is 2.31.